The predicted molar refractivity (Wildman–Crippen MR) is 167 cm³/mol. The minimum absolute atomic E-state index is 0.00362. The molecule has 0 spiro atoms. The van der Waals surface area contributed by atoms with Crippen molar-refractivity contribution in [2.45, 2.75) is 70.1 Å². The van der Waals surface area contributed by atoms with Gasteiger partial charge in [0.2, 0.25) is 11.8 Å². The number of amides is 2. The number of aliphatic hydroxyl groups excluding tert-OH is 1. The molecule has 3 atom stereocenters. The van der Waals surface area contributed by atoms with Gasteiger partial charge in [-0.05, 0) is 67.7 Å². The number of ether oxygens (including phenoxy) is 2. The van der Waals surface area contributed by atoms with Crippen molar-refractivity contribution in [1.82, 2.24) is 4.90 Å². The molecule has 43 heavy (non-hydrogen) atoms. The van der Waals surface area contributed by atoms with Gasteiger partial charge in [-0.25, -0.2) is 0 Å². The van der Waals surface area contributed by atoms with Crippen LogP contribution in [0.4, 0.5) is 17.1 Å². The molecule has 9 nitrogen and oxygen atoms in total. The zero-order valence-electron chi connectivity index (χ0n) is 24.5. The van der Waals surface area contributed by atoms with Gasteiger partial charge in [0.05, 0.1) is 30.2 Å². The number of nitrogens with zero attached hydrogens (tertiary/aromatic N) is 1. The number of carbonyl (C=O) groups excluding carboxylic acids is 2. The topological polar surface area (TPSA) is 126 Å². The Bertz CT molecular complexity index is 1360. The maximum absolute atomic E-state index is 12.7. The van der Waals surface area contributed by atoms with E-state index in [4.69, 9.17) is 15.2 Å². The highest BCUT2D eigenvalue weighted by molar-refractivity contribution is 5.94. The lowest BCUT2D eigenvalue weighted by Crippen LogP contribution is -2.41. The summed E-state index contributed by atoms with van der Waals surface area (Å²) in [7, 11) is 0. The van der Waals surface area contributed by atoms with E-state index in [0.717, 1.165) is 42.7 Å². The molecule has 5 rings (SSSR count). The highest BCUT2D eigenvalue weighted by atomic mass is 16.7. The summed E-state index contributed by atoms with van der Waals surface area (Å²) in [5.41, 5.74) is 10.4. The monoisotopic (exact) mass is 586 g/mol. The van der Waals surface area contributed by atoms with Crippen LogP contribution in [0, 0.1) is 0 Å². The molecule has 2 aliphatic rings. The van der Waals surface area contributed by atoms with Gasteiger partial charge in [0.25, 0.3) is 0 Å². The summed E-state index contributed by atoms with van der Waals surface area (Å²) >= 11 is 0. The van der Waals surface area contributed by atoms with Crippen LogP contribution >= 0.6 is 0 Å². The lowest BCUT2D eigenvalue weighted by molar-refractivity contribution is -0.253. The lowest BCUT2D eigenvalue weighted by Gasteiger charge is -2.39. The van der Waals surface area contributed by atoms with E-state index in [1.54, 1.807) is 24.3 Å². The van der Waals surface area contributed by atoms with E-state index in [1.807, 2.05) is 48.5 Å². The van der Waals surface area contributed by atoms with Gasteiger partial charge in [-0.3, -0.25) is 9.59 Å². The van der Waals surface area contributed by atoms with Gasteiger partial charge in [-0.1, -0.05) is 55.0 Å². The average molecular weight is 587 g/mol. The highest BCUT2D eigenvalue weighted by Gasteiger charge is 2.33. The smallest absolute Gasteiger partial charge is 0.224 e. The fourth-order valence-corrected chi connectivity index (χ4v) is 5.68. The summed E-state index contributed by atoms with van der Waals surface area (Å²) in [6, 6.07) is 22.5. The van der Waals surface area contributed by atoms with E-state index in [9.17, 15) is 14.7 Å². The van der Waals surface area contributed by atoms with E-state index in [0.29, 0.717) is 23.5 Å². The number of anilines is 3. The Morgan fingerprint density at radius 1 is 0.860 bits per heavy atom. The molecule has 0 aliphatic carbocycles. The number of nitrogen functional groups attached to an aromatic ring is 1. The molecule has 0 radical (unpaired) electrons. The molecule has 2 aliphatic heterocycles. The van der Waals surface area contributed by atoms with Gasteiger partial charge in [0, 0.05) is 37.1 Å². The lowest BCUT2D eigenvalue weighted by atomic mass is 9.99. The Balaban J connectivity index is 1.19. The maximum Gasteiger partial charge on any atom is 0.224 e. The number of likely N-dealkylation sites (tertiary alicyclic amines) is 1. The van der Waals surface area contributed by atoms with Gasteiger partial charge in [-0.15, -0.1) is 0 Å². The molecule has 228 valence electrons. The minimum atomic E-state index is -0.586. The Morgan fingerprint density at radius 3 is 2.35 bits per heavy atom. The van der Waals surface area contributed by atoms with Crippen molar-refractivity contribution >= 4 is 28.9 Å². The summed E-state index contributed by atoms with van der Waals surface area (Å²) in [5.74, 6) is -0.349. The molecule has 0 aromatic heterocycles. The number of aliphatic hydroxyl groups is 1. The van der Waals surface area contributed by atoms with Crippen LogP contribution in [0.5, 0.6) is 0 Å². The second-order valence-corrected chi connectivity index (χ2v) is 11.4. The number of hydrogen-bond donors (Lipinski definition) is 4. The van der Waals surface area contributed by atoms with E-state index in [1.165, 1.54) is 19.3 Å². The molecule has 3 unspecified atom stereocenters. The number of para-hydroxylation sites is 2. The van der Waals surface area contributed by atoms with Crippen molar-refractivity contribution in [2.75, 3.05) is 36.0 Å². The quantitative estimate of drug-likeness (QED) is 0.217. The van der Waals surface area contributed by atoms with Gasteiger partial charge in [0.15, 0.2) is 6.29 Å². The second kappa shape index (κ2) is 15.1. The molecular formula is C34H42N4O5. The SMILES string of the molecule is Nc1ccccc1NC(=O)CCCC(=O)Nc1cccc(C2OC(CN3CCCCC3)CC(c3ccc(CO)cc3)O2)c1. The van der Waals surface area contributed by atoms with Gasteiger partial charge in [0.1, 0.15) is 0 Å². The van der Waals surface area contributed by atoms with Crippen LogP contribution in [0.3, 0.4) is 0 Å². The first-order valence-electron chi connectivity index (χ1n) is 15.2. The van der Waals surface area contributed by atoms with Crippen LogP contribution in [0.15, 0.2) is 72.8 Å². The summed E-state index contributed by atoms with van der Waals surface area (Å²) in [5, 5.41) is 15.2. The zero-order valence-corrected chi connectivity index (χ0v) is 24.5. The maximum atomic E-state index is 12.7. The Hall–Kier alpha value is -3.76. The van der Waals surface area contributed by atoms with Crippen LogP contribution < -0.4 is 16.4 Å². The third-order valence-corrected chi connectivity index (χ3v) is 8.01. The third kappa shape index (κ3) is 8.87. The molecule has 2 fully saturated rings. The number of benzene rings is 3. The van der Waals surface area contributed by atoms with Crippen molar-refractivity contribution in [3.63, 3.8) is 0 Å². The highest BCUT2D eigenvalue weighted by Crippen LogP contribution is 2.39. The predicted octanol–water partition coefficient (Wildman–Crippen LogP) is 5.54. The first-order valence-corrected chi connectivity index (χ1v) is 15.2. The Labute approximate surface area is 253 Å². The molecule has 5 N–H and O–H groups in total. The number of rotatable bonds is 11. The third-order valence-electron chi connectivity index (χ3n) is 8.01. The van der Waals surface area contributed by atoms with Gasteiger partial charge in [-0.2, -0.15) is 0 Å². The number of nitrogens with one attached hydrogen (secondary N) is 2. The average Bonchev–Trinajstić information content (AvgIpc) is 3.03. The molecule has 0 saturated carbocycles. The standard InChI is InChI=1S/C34H42N4O5/c35-29-10-2-3-11-30(29)37-33(41)13-7-12-32(40)36-27-9-6-8-26(20-27)34-42-28(22-38-18-4-1-5-19-38)21-31(43-34)25-16-14-24(23-39)15-17-25/h2-3,6,8-11,14-17,20,28,31,34,39H,1,4-5,7,12-13,18-19,21-23,35H2,(H,36,40)(H,37,41). The summed E-state index contributed by atoms with van der Waals surface area (Å²) in [6.45, 7) is 3.03. The van der Waals surface area contributed by atoms with Crippen molar-refractivity contribution < 1.29 is 24.2 Å². The van der Waals surface area contributed by atoms with E-state index < -0.39 is 6.29 Å². The number of hydrogen-bond acceptors (Lipinski definition) is 7. The van der Waals surface area contributed by atoms with Crippen LogP contribution in [-0.4, -0.2) is 47.6 Å². The molecule has 9 heteroatoms. The van der Waals surface area contributed by atoms with E-state index in [2.05, 4.69) is 15.5 Å². The van der Waals surface area contributed by atoms with Crippen molar-refractivity contribution in [2.24, 2.45) is 0 Å². The molecule has 3 aromatic rings. The van der Waals surface area contributed by atoms with Crippen molar-refractivity contribution in [1.29, 1.82) is 0 Å². The van der Waals surface area contributed by atoms with Gasteiger partial charge < -0.3 is 35.8 Å². The van der Waals surface area contributed by atoms with Crippen molar-refractivity contribution in [3.8, 4) is 0 Å². The van der Waals surface area contributed by atoms with E-state index in [-0.39, 0.29) is 43.5 Å². The molecule has 3 aromatic carbocycles. The van der Waals surface area contributed by atoms with Crippen LogP contribution in [-0.2, 0) is 25.7 Å². The fourth-order valence-electron chi connectivity index (χ4n) is 5.68. The molecular weight excluding hydrogens is 544 g/mol. The molecule has 2 heterocycles. The Morgan fingerprint density at radius 2 is 1.60 bits per heavy atom. The van der Waals surface area contributed by atoms with Crippen LogP contribution in [0.1, 0.15) is 74.0 Å². The minimum Gasteiger partial charge on any atom is -0.397 e. The first kappa shape index (κ1) is 30.7. The number of nitrogens with two attached hydrogens (primary N) is 1. The first-order chi connectivity index (χ1) is 21.0. The largest absolute Gasteiger partial charge is 0.397 e. The normalized spacial score (nSPS) is 20.8. The molecule has 2 amide bonds. The summed E-state index contributed by atoms with van der Waals surface area (Å²) in [4.78, 5) is 27.5. The number of carbonyl (C=O) groups is 2. The van der Waals surface area contributed by atoms with E-state index >= 15 is 0 Å². The molecule has 0 bridgehead atoms. The Kier molecular flexibility index (Phi) is 10.8. The number of piperidine rings is 1. The van der Waals surface area contributed by atoms with Crippen molar-refractivity contribution in [3.05, 3.63) is 89.5 Å². The zero-order chi connectivity index (χ0) is 30.0. The van der Waals surface area contributed by atoms with Crippen LogP contribution in [0.2, 0.25) is 0 Å². The summed E-state index contributed by atoms with van der Waals surface area (Å²) in [6.07, 6.45) is 4.54. The fraction of sp³-hybridized carbons (Fsp3) is 0.412. The molecule has 2 saturated heterocycles. The summed E-state index contributed by atoms with van der Waals surface area (Å²) < 4.78 is 13.0. The second-order valence-electron chi connectivity index (χ2n) is 11.4. The van der Waals surface area contributed by atoms with Crippen LogP contribution in [0.25, 0.3) is 0 Å². The van der Waals surface area contributed by atoms with Gasteiger partial charge >= 0.3 is 0 Å².